The first-order valence-electron chi connectivity index (χ1n) is 8.51. The van der Waals surface area contributed by atoms with Gasteiger partial charge in [0.2, 0.25) is 0 Å². The molecular formula is C19H24N4O2. The summed E-state index contributed by atoms with van der Waals surface area (Å²) in [6.45, 7) is 9.07. The van der Waals surface area contributed by atoms with Crippen LogP contribution in [0, 0.1) is 0 Å². The summed E-state index contributed by atoms with van der Waals surface area (Å²) in [7, 11) is 0. The fraction of sp³-hybridized carbons (Fsp3) is 0.421. The molecule has 132 valence electrons. The first-order chi connectivity index (χ1) is 11.8. The zero-order valence-electron chi connectivity index (χ0n) is 14.9. The van der Waals surface area contributed by atoms with E-state index in [0.717, 1.165) is 24.7 Å². The number of benzene rings is 1. The van der Waals surface area contributed by atoms with Gasteiger partial charge in [0.15, 0.2) is 0 Å². The molecule has 0 unspecified atom stereocenters. The largest absolute Gasteiger partial charge is 0.508 e. The zero-order valence-corrected chi connectivity index (χ0v) is 14.9. The Morgan fingerprint density at radius 1 is 1.04 bits per heavy atom. The normalized spacial score (nSPS) is 15.3. The number of carbonyl (C=O) groups is 1. The van der Waals surface area contributed by atoms with Crippen LogP contribution in [0.5, 0.6) is 5.75 Å². The van der Waals surface area contributed by atoms with Crippen molar-refractivity contribution in [3.63, 3.8) is 0 Å². The Morgan fingerprint density at radius 3 is 2.28 bits per heavy atom. The molecule has 1 aromatic carbocycles. The standard InChI is InChI=1S/C19H24N4O2/c1-19(2,3)18-20-9-8-16(21-18)22-10-12-23(13-11-22)17(25)14-4-6-15(24)7-5-14/h4-9,24H,10-13H2,1-3H3. The van der Waals surface area contributed by atoms with Crippen molar-refractivity contribution < 1.29 is 9.90 Å². The van der Waals surface area contributed by atoms with Gasteiger partial charge in [-0.25, -0.2) is 9.97 Å². The van der Waals surface area contributed by atoms with Gasteiger partial charge < -0.3 is 14.9 Å². The maximum Gasteiger partial charge on any atom is 0.253 e. The van der Waals surface area contributed by atoms with Gasteiger partial charge in [-0.1, -0.05) is 20.8 Å². The molecule has 2 heterocycles. The van der Waals surface area contributed by atoms with E-state index in [4.69, 9.17) is 0 Å². The van der Waals surface area contributed by atoms with E-state index < -0.39 is 0 Å². The lowest BCUT2D eigenvalue weighted by Gasteiger charge is -2.35. The van der Waals surface area contributed by atoms with E-state index in [1.807, 2.05) is 11.0 Å². The van der Waals surface area contributed by atoms with Crippen molar-refractivity contribution in [1.82, 2.24) is 14.9 Å². The minimum Gasteiger partial charge on any atom is -0.508 e. The second-order valence-electron chi connectivity index (χ2n) is 7.31. The summed E-state index contributed by atoms with van der Waals surface area (Å²) in [6.07, 6.45) is 1.80. The maximum atomic E-state index is 12.5. The van der Waals surface area contributed by atoms with Crippen molar-refractivity contribution in [2.75, 3.05) is 31.1 Å². The lowest BCUT2D eigenvalue weighted by atomic mass is 9.96. The Hall–Kier alpha value is -2.63. The van der Waals surface area contributed by atoms with E-state index in [1.54, 1.807) is 30.5 Å². The van der Waals surface area contributed by atoms with Crippen LogP contribution in [-0.4, -0.2) is 52.1 Å². The van der Waals surface area contributed by atoms with Gasteiger partial charge in [0.1, 0.15) is 17.4 Å². The third-order valence-corrected chi connectivity index (χ3v) is 4.32. The molecule has 6 heteroatoms. The van der Waals surface area contributed by atoms with Gasteiger partial charge in [0, 0.05) is 43.4 Å². The Bertz CT molecular complexity index is 745. The average molecular weight is 340 g/mol. The number of aromatic hydroxyl groups is 1. The molecule has 1 aromatic heterocycles. The first kappa shape index (κ1) is 17.2. The average Bonchev–Trinajstić information content (AvgIpc) is 2.61. The molecule has 2 aromatic rings. The molecule has 3 rings (SSSR count). The van der Waals surface area contributed by atoms with Crippen molar-refractivity contribution in [2.45, 2.75) is 26.2 Å². The number of carbonyl (C=O) groups excluding carboxylic acids is 1. The molecule has 0 spiro atoms. The molecule has 25 heavy (non-hydrogen) atoms. The molecule has 0 saturated carbocycles. The van der Waals surface area contributed by atoms with Gasteiger partial charge in [-0.05, 0) is 30.3 Å². The Balaban J connectivity index is 1.66. The molecule has 6 nitrogen and oxygen atoms in total. The molecule has 1 fully saturated rings. The second kappa shape index (κ2) is 6.70. The third kappa shape index (κ3) is 3.90. The first-order valence-corrected chi connectivity index (χ1v) is 8.51. The summed E-state index contributed by atoms with van der Waals surface area (Å²) in [6, 6.07) is 8.32. The molecular weight excluding hydrogens is 316 g/mol. The number of aromatic nitrogens is 2. The van der Waals surface area contributed by atoms with Crippen LogP contribution < -0.4 is 4.90 Å². The Labute approximate surface area is 148 Å². The van der Waals surface area contributed by atoms with Crippen LogP contribution in [0.2, 0.25) is 0 Å². The highest BCUT2D eigenvalue weighted by molar-refractivity contribution is 5.94. The van der Waals surface area contributed by atoms with Crippen LogP contribution in [0.1, 0.15) is 37.0 Å². The molecule has 1 amide bonds. The highest BCUT2D eigenvalue weighted by Gasteiger charge is 2.24. The predicted octanol–water partition coefficient (Wildman–Crippen LogP) is 2.44. The number of phenolic OH excluding ortho intramolecular Hbond substituents is 1. The van der Waals surface area contributed by atoms with Gasteiger partial charge >= 0.3 is 0 Å². The SMILES string of the molecule is CC(C)(C)c1nccc(N2CCN(C(=O)c3ccc(O)cc3)CC2)n1. The van der Waals surface area contributed by atoms with Crippen molar-refractivity contribution in [1.29, 1.82) is 0 Å². The minimum atomic E-state index is -0.0906. The van der Waals surface area contributed by atoms with Crippen molar-refractivity contribution in [3.05, 3.63) is 47.9 Å². The van der Waals surface area contributed by atoms with Gasteiger partial charge in [-0.15, -0.1) is 0 Å². The highest BCUT2D eigenvalue weighted by Crippen LogP contribution is 2.21. The zero-order chi connectivity index (χ0) is 18.0. The summed E-state index contributed by atoms with van der Waals surface area (Å²) in [4.78, 5) is 25.6. The summed E-state index contributed by atoms with van der Waals surface area (Å²) in [5.41, 5.74) is 0.510. The number of phenols is 1. The van der Waals surface area contributed by atoms with Crippen molar-refractivity contribution in [2.24, 2.45) is 0 Å². The van der Waals surface area contributed by atoms with Crippen LogP contribution >= 0.6 is 0 Å². The molecule has 1 aliphatic heterocycles. The fourth-order valence-corrected chi connectivity index (χ4v) is 2.81. The molecule has 1 saturated heterocycles. The third-order valence-electron chi connectivity index (χ3n) is 4.32. The summed E-state index contributed by atoms with van der Waals surface area (Å²) >= 11 is 0. The summed E-state index contributed by atoms with van der Waals surface area (Å²) < 4.78 is 0. The smallest absolute Gasteiger partial charge is 0.253 e. The summed E-state index contributed by atoms with van der Waals surface area (Å²) in [5, 5.41) is 9.35. The molecule has 1 N–H and O–H groups in total. The van der Waals surface area contributed by atoms with Crippen molar-refractivity contribution >= 4 is 11.7 Å². The van der Waals surface area contributed by atoms with E-state index in [-0.39, 0.29) is 17.1 Å². The number of hydrogen-bond acceptors (Lipinski definition) is 5. The van der Waals surface area contributed by atoms with E-state index in [1.165, 1.54) is 0 Å². The molecule has 0 aliphatic carbocycles. The number of piperazine rings is 1. The van der Waals surface area contributed by atoms with Crippen LogP contribution in [0.15, 0.2) is 36.5 Å². The van der Waals surface area contributed by atoms with Crippen LogP contribution in [0.25, 0.3) is 0 Å². The lowest BCUT2D eigenvalue weighted by Crippen LogP contribution is -2.49. The number of anilines is 1. The van der Waals surface area contributed by atoms with E-state index in [9.17, 15) is 9.90 Å². The van der Waals surface area contributed by atoms with Gasteiger partial charge in [0.25, 0.3) is 5.91 Å². The topological polar surface area (TPSA) is 69.6 Å². The number of amides is 1. The second-order valence-corrected chi connectivity index (χ2v) is 7.31. The van der Waals surface area contributed by atoms with Crippen molar-refractivity contribution in [3.8, 4) is 5.75 Å². The molecule has 0 bridgehead atoms. The van der Waals surface area contributed by atoms with Gasteiger partial charge in [-0.3, -0.25) is 4.79 Å². The quantitative estimate of drug-likeness (QED) is 0.909. The van der Waals surface area contributed by atoms with E-state index in [2.05, 4.69) is 35.6 Å². The number of nitrogens with zero attached hydrogens (tertiary/aromatic N) is 4. The predicted molar refractivity (Wildman–Crippen MR) is 97.0 cm³/mol. The minimum absolute atomic E-state index is 0.00211. The van der Waals surface area contributed by atoms with Gasteiger partial charge in [-0.2, -0.15) is 0 Å². The molecule has 0 radical (unpaired) electrons. The van der Waals surface area contributed by atoms with Crippen LogP contribution in [0.3, 0.4) is 0 Å². The fourth-order valence-electron chi connectivity index (χ4n) is 2.81. The Kier molecular flexibility index (Phi) is 4.61. The number of rotatable bonds is 2. The number of hydrogen-bond donors (Lipinski definition) is 1. The van der Waals surface area contributed by atoms with Crippen LogP contribution in [-0.2, 0) is 5.41 Å². The van der Waals surface area contributed by atoms with Gasteiger partial charge in [0.05, 0.1) is 0 Å². The maximum absolute atomic E-state index is 12.5. The molecule has 0 atom stereocenters. The highest BCUT2D eigenvalue weighted by atomic mass is 16.3. The monoisotopic (exact) mass is 340 g/mol. The van der Waals surface area contributed by atoms with E-state index >= 15 is 0 Å². The molecule has 1 aliphatic rings. The van der Waals surface area contributed by atoms with Crippen LogP contribution in [0.4, 0.5) is 5.82 Å². The Morgan fingerprint density at radius 2 is 1.68 bits per heavy atom. The lowest BCUT2D eigenvalue weighted by molar-refractivity contribution is 0.0746. The van der Waals surface area contributed by atoms with E-state index in [0.29, 0.717) is 18.7 Å². The summed E-state index contributed by atoms with van der Waals surface area (Å²) in [5.74, 6) is 1.90.